The maximum atomic E-state index is 13.1. The Kier molecular flexibility index (Phi) is 9.22. The number of sulfonamides is 1. The van der Waals surface area contributed by atoms with E-state index in [0.29, 0.717) is 13.1 Å². The number of nitrogens with zero attached hydrogens (tertiary/aromatic N) is 2. The van der Waals surface area contributed by atoms with E-state index in [4.69, 9.17) is 5.21 Å². The first-order valence-corrected chi connectivity index (χ1v) is 13.4. The first kappa shape index (κ1) is 25.9. The highest BCUT2D eigenvalue weighted by Gasteiger charge is 2.23. The molecule has 0 aliphatic carbocycles. The van der Waals surface area contributed by atoms with Crippen LogP contribution in [0.15, 0.2) is 47.4 Å². The van der Waals surface area contributed by atoms with Crippen LogP contribution in [0.2, 0.25) is 0 Å². The van der Waals surface area contributed by atoms with Gasteiger partial charge in [-0.25, -0.2) is 23.4 Å². The molecule has 184 valence electrons. The van der Waals surface area contributed by atoms with Crippen molar-refractivity contribution in [3.63, 3.8) is 0 Å². The number of hydrogen-bond acceptors (Lipinski definition) is 7. The maximum absolute atomic E-state index is 13.1. The fourth-order valence-electron chi connectivity index (χ4n) is 3.61. The minimum absolute atomic E-state index is 0.0353. The quantitative estimate of drug-likeness (QED) is 0.273. The summed E-state index contributed by atoms with van der Waals surface area (Å²) in [4.78, 5) is 29.7. The number of rotatable bonds is 9. The molecule has 1 aromatic heterocycles. The molecular weight excluding hydrogens is 476 g/mol. The molecule has 11 heteroatoms. The molecule has 3 rings (SSSR count). The lowest BCUT2D eigenvalue weighted by Crippen LogP contribution is -2.46. The smallest absolute Gasteiger partial charge is 0.318 e. The fourth-order valence-corrected chi connectivity index (χ4v) is 5.51. The Balaban J connectivity index is 1.72. The van der Waals surface area contributed by atoms with Crippen molar-refractivity contribution in [2.75, 3.05) is 26.2 Å². The normalized spacial score (nSPS) is 14.8. The number of piperidine rings is 1. The summed E-state index contributed by atoms with van der Waals surface area (Å²) in [6.45, 7) is 5.07. The van der Waals surface area contributed by atoms with E-state index in [1.807, 2.05) is 13.0 Å². The highest BCUT2D eigenvalue weighted by molar-refractivity contribution is 7.90. The van der Waals surface area contributed by atoms with E-state index >= 15 is 0 Å². The van der Waals surface area contributed by atoms with E-state index < -0.39 is 22.0 Å². The summed E-state index contributed by atoms with van der Waals surface area (Å²) in [6.07, 6.45) is 6.20. The molecule has 0 unspecified atom stereocenters. The van der Waals surface area contributed by atoms with Gasteiger partial charge in [0.2, 0.25) is 0 Å². The standard InChI is InChI=1S/C23H30N4O5S2/c1-18-5-10-21(11-6-18)34(31,32)25-23(29)27(16-15-26-13-3-2-4-14-26)17-20-8-7-19(33-20)9-12-22(28)24-30/h5-12,30H,2-4,13-17H2,1H3,(H,24,28)(H,25,29). The third kappa shape index (κ3) is 7.66. The first-order valence-electron chi connectivity index (χ1n) is 11.1. The number of thiophene rings is 1. The first-order chi connectivity index (χ1) is 16.3. The maximum Gasteiger partial charge on any atom is 0.331 e. The van der Waals surface area contributed by atoms with Gasteiger partial charge in [-0.3, -0.25) is 10.0 Å². The molecule has 2 aromatic rings. The topological polar surface area (TPSA) is 119 Å². The van der Waals surface area contributed by atoms with Gasteiger partial charge >= 0.3 is 6.03 Å². The van der Waals surface area contributed by atoms with Crippen molar-refractivity contribution >= 4 is 39.4 Å². The number of hydrogen-bond donors (Lipinski definition) is 3. The van der Waals surface area contributed by atoms with E-state index in [9.17, 15) is 18.0 Å². The molecule has 1 aliphatic heterocycles. The minimum atomic E-state index is -4.00. The van der Waals surface area contributed by atoms with Gasteiger partial charge in [-0.2, -0.15) is 0 Å². The van der Waals surface area contributed by atoms with Crippen molar-refractivity contribution in [3.8, 4) is 0 Å². The third-order valence-corrected chi connectivity index (χ3v) is 7.88. The summed E-state index contributed by atoms with van der Waals surface area (Å²) < 4.78 is 27.7. The number of nitrogens with one attached hydrogen (secondary N) is 2. The lowest BCUT2D eigenvalue weighted by atomic mass is 10.1. The molecule has 2 heterocycles. The Labute approximate surface area is 204 Å². The van der Waals surface area contributed by atoms with Crippen molar-refractivity contribution in [1.82, 2.24) is 20.0 Å². The summed E-state index contributed by atoms with van der Waals surface area (Å²) in [6, 6.07) is 9.27. The van der Waals surface area contributed by atoms with E-state index in [1.165, 1.54) is 46.3 Å². The van der Waals surface area contributed by atoms with Crippen molar-refractivity contribution in [3.05, 3.63) is 57.8 Å². The average molecular weight is 507 g/mol. The second-order valence-corrected chi connectivity index (χ2v) is 11.0. The van der Waals surface area contributed by atoms with Crippen LogP contribution < -0.4 is 10.2 Å². The highest BCUT2D eigenvalue weighted by atomic mass is 32.2. The van der Waals surface area contributed by atoms with Gasteiger partial charge in [0.1, 0.15) is 0 Å². The number of hydroxylamine groups is 1. The molecule has 1 fully saturated rings. The monoisotopic (exact) mass is 506 g/mol. The Bertz CT molecular complexity index is 1110. The molecular formula is C23H30N4O5S2. The van der Waals surface area contributed by atoms with Crippen LogP contribution in [0, 0.1) is 6.92 Å². The molecule has 1 saturated heterocycles. The van der Waals surface area contributed by atoms with Gasteiger partial charge < -0.3 is 9.80 Å². The van der Waals surface area contributed by atoms with Crippen molar-refractivity contribution in [2.24, 2.45) is 0 Å². The van der Waals surface area contributed by atoms with Crippen molar-refractivity contribution in [2.45, 2.75) is 37.6 Å². The second-order valence-electron chi connectivity index (χ2n) is 8.16. The van der Waals surface area contributed by atoms with Crippen LogP contribution in [0.4, 0.5) is 4.79 Å². The summed E-state index contributed by atoms with van der Waals surface area (Å²) in [5.74, 6) is -0.640. The lowest BCUT2D eigenvalue weighted by Gasteiger charge is -2.30. The number of urea groups is 1. The third-order valence-electron chi connectivity index (χ3n) is 5.51. The summed E-state index contributed by atoms with van der Waals surface area (Å²) in [5, 5.41) is 8.60. The van der Waals surface area contributed by atoms with Gasteiger partial charge in [0.05, 0.1) is 11.4 Å². The Morgan fingerprint density at radius 2 is 1.82 bits per heavy atom. The largest absolute Gasteiger partial charge is 0.331 e. The number of carbonyl (C=O) groups excluding carboxylic acids is 2. The molecule has 1 aliphatic rings. The summed E-state index contributed by atoms with van der Waals surface area (Å²) in [7, 11) is -4.00. The van der Waals surface area contributed by atoms with Crippen LogP contribution in [-0.2, 0) is 21.4 Å². The molecule has 0 bridgehead atoms. The van der Waals surface area contributed by atoms with Gasteiger partial charge in [-0.05, 0) is 63.2 Å². The fraction of sp³-hybridized carbons (Fsp3) is 0.391. The van der Waals surface area contributed by atoms with Gasteiger partial charge in [-0.1, -0.05) is 24.1 Å². The zero-order valence-electron chi connectivity index (χ0n) is 19.1. The lowest BCUT2D eigenvalue weighted by molar-refractivity contribution is -0.124. The SMILES string of the molecule is Cc1ccc(S(=O)(=O)NC(=O)N(CCN2CCCCC2)Cc2ccc(C=CC(=O)NO)s2)cc1. The van der Waals surface area contributed by atoms with Crippen LogP contribution in [0.5, 0.6) is 0 Å². The molecule has 0 saturated carbocycles. The van der Waals surface area contributed by atoms with Gasteiger partial charge in [0.15, 0.2) is 0 Å². The van der Waals surface area contributed by atoms with Crippen molar-refractivity contribution in [1.29, 1.82) is 0 Å². The van der Waals surface area contributed by atoms with E-state index in [1.54, 1.807) is 24.3 Å². The zero-order valence-corrected chi connectivity index (χ0v) is 20.7. The summed E-state index contributed by atoms with van der Waals surface area (Å²) in [5.41, 5.74) is 2.46. The zero-order chi connectivity index (χ0) is 24.6. The number of aryl methyl sites for hydroxylation is 1. The van der Waals surface area contributed by atoms with Crippen LogP contribution in [0.3, 0.4) is 0 Å². The average Bonchev–Trinajstić information content (AvgIpc) is 3.28. The van der Waals surface area contributed by atoms with Crippen LogP contribution in [0.25, 0.3) is 6.08 Å². The predicted octanol–water partition coefficient (Wildman–Crippen LogP) is 2.96. The Morgan fingerprint density at radius 1 is 1.12 bits per heavy atom. The van der Waals surface area contributed by atoms with Crippen LogP contribution in [0.1, 0.15) is 34.6 Å². The molecule has 3 N–H and O–H groups in total. The number of likely N-dealkylation sites (tertiary alicyclic amines) is 1. The van der Waals surface area contributed by atoms with Gasteiger partial charge in [0, 0.05) is 28.9 Å². The number of amides is 3. The van der Waals surface area contributed by atoms with Crippen LogP contribution >= 0.6 is 11.3 Å². The molecule has 0 spiro atoms. The second kappa shape index (κ2) is 12.1. The minimum Gasteiger partial charge on any atom is -0.318 e. The summed E-state index contributed by atoms with van der Waals surface area (Å²) >= 11 is 1.38. The van der Waals surface area contributed by atoms with E-state index in [-0.39, 0.29) is 11.4 Å². The molecule has 9 nitrogen and oxygen atoms in total. The van der Waals surface area contributed by atoms with Crippen molar-refractivity contribution < 1.29 is 23.2 Å². The molecule has 0 radical (unpaired) electrons. The van der Waals surface area contributed by atoms with E-state index in [2.05, 4.69) is 9.62 Å². The molecule has 3 amide bonds. The predicted molar refractivity (Wildman–Crippen MR) is 131 cm³/mol. The molecule has 0 atom stereocenters. The number of carbonyl (C=O) groups is 2. The van der Waals surface area contributed by atoms with Crippen LogP contribution in [-0.4, -0.2) is 61.5 Å². The molecule has 34 heavy (non-hydrogen) atoms. The van der Waals surface area contributed by atoms with Gasteiger partial charge in [0.25, 0.3) is 15.9 Å². The van der Waals surface area contributed by atoms with Gasteiger partial charge in [-0.15, -0.1) is 11.3 Å². The Hall–Kier alpha value is -2.73. The Morgan fingerprint density at radius 3 is 2.50 bits per heavy atom. The molecule has 1 aromatic carbocycles. The number of benzene rings is 1. The van der Waals surface area contributed by atoms with E-state index in [0.717, 1.165) is 41.2 Å². The highest BCUT2D eigenvalue weighted by Crippen LogP contribution is 2.20.